The van der Waals surface area contributed by atoms with Gasteiger partial charge >= 0.3 is 23.8 Å². The van der Waals surface area contributed by atoms with Crippen molar-refractivity contribution in [3.05, 3.63) is 22.7 Å². The van der Waals surface area contributed by atoms with E-state index in [1.54, 1.807) is 6.07 Å². The van der Waals surface area contributed by atoms with Gasteiger partial charge in [0.1, 0.15) is 0 Å². The van der Waals surface area contributed by atoms with E-state index in [4.69, 9.17) is 26.7 Å². The van der Waals surface area contributed by atoms with E-state index in [0.717, 1.165) is 25.3 Å². The minimum Gasteiger partial charge on any atom is -0.474 e. The van der Waals surface area contributed by atoms with Gasteiger partial charge in [0.05, 0.1) is 34.6 Å². The molecular formula is C17H18ClN3O6. The van der Waals surface area contributed by atoms with Gasteiger partial charge in [0.15, 0.2) is 0 Å². The van der Waals surface area contributed by atoms with E-state index in [-0.39, 0.29) is 28.6 Å². The molecule has 2 amide bonds. The number of benzene rings is 1. The first-order chi connectivity index (χ1) is 12.8. The number of nitrogens with zero attached hydrogens (tertiary/aromatic N) is 1. The van der Waals surface area contributed by atoms with E-state index in [1.165, 1.54) is 6.07 Å². The van der Waals surface area contributed by atoms with Crippen molar-refractivity contribution in [2.24, 2.45) is 0 Å². The number of esters is 1. The van der Waals surface area contributed by atoms with Crippen LogP contribution in [0.25, 0.3) is 0 Å². The lowest BCUT2D eigenvalue weighted by atomic mass is 10.1. The molecule has 0 saturated carbocycles. The fraction of sp³-hybridized carbons (Fsp3) is 0.353. The predicted molar refractivity (Wildman–Crippen MR) is 96.2 cm³/mol. The summed E-state index contributed by atoms with van der Waals surface area (Å²) in [6, 6.07) is 4.07. The van der Waals surface area contributed by atoms with Crippen LogP contribution in [0.1, 0.15) is 38.2 Å². The van der Waals surface area contributed by atoms with E-state index in [2.05, 4.69) is 5.32 Å². The summed E-state index contributed by atoms with van der Waals surface area (Å²) < 4.78 is 4.84. The Morgan fingerprint density at radius 1 is 1.11 bits per heavy atom. The number of aliphatic carboxylic acids is 1. The second-order valence-corrected chi connectivity index (χ2v) is 5.79. The van der Waals surface area contributed by atoms with Gasteiger partial charge in [-0.2, -0.15) is 5.26 Å². The van der Waals surface area contributed by atoms with Crippen LogP contribution in [0.15, 0.2) is 12.1 Å². The first-order valence-corrected chi connectivity index (χ1v) is 8.44. The number of hydrogen-bond acceptors (Lipinski definition) is 6. The molecule has 0 aromatic heterocycles. The largest absolute Gasteiger partial charge is 0.474 e. The third-order valence-corrected chi connectivity index (χ3v) is 3.72. The van der Waals surface area contributed by atoms with Crippen molar-refractivity contribution in [1.29, 1.82) is 5.26 Å². The molecule has 0 aliphatic carbocycles. The maximum absolute atomic E-state index is 11.9. The molecule has 27 heavy (non-hydrogen) atoms. The van der Waals surface area contributed by atoms with Crippen LogP contribution in [0.4, 0.5) is 11.4 Å². The molecule has 1 aromatic carbocycles. The number of rotatable bonds is 7. The van der Waals surface area contributed by atoms with Gasteiger partial charge in [-0.25, -0.2) is 9.59 Å². The monoisotopic (exact) mass is 395 g/mol. The SMILES string of the molecule is CCCCCCOC(=O)C(=O)Nc1cc(C#N)cc(NC(=O)C(=O)O)c1Cl. The lowest BCUT2D eigenvalue weighted by Crippen LogP contribution is -2.26. The Labute approximate surface area is 160 Å². The number of carbonyl (C=O) groups excluding carboxylic acids is 3. The van der Waals surface area contributed by atoms with Gasteiger partial charge in [-0.15, -0.1) is 0 Å². The molecule has 0 aliphatic heterocycles. The van der Waals surface area contributed by atoms with Crippen LogP contribution in [-0.2, 0) is 23.9 Å². The average Bonchev–Trinajstić information content (AvgIpc) is 2.64. The molecule has 0 aliphatic rings. The molecule has 9 nitrogen and oxygen atoms in total. The summed E-state index contributed by atoms with van der Waals surface area (Å²) in [6.45, 7) is 2.13. The summed E-state index contributed by atoms with van der Waals surface area (Å²) in [5.74, 6) is -5.37. The first-order valence-electron chi connectivity index (χ1n) is 8.06. The molecule has 0 atom stereocenters. The molecule has 10 heteroatoms. The zero-order valence-electron chi connectivity index (χ0n) is 14.5. The van der Waals surface area contributed by atoms with Crippen LogP contribution in [-0.4, -0.2) is 35.5 Å². The number of nitrogens with one attached hydrogen (secondary N) is 2. The summed E-state index contributed by atoms with van der Waals surface area (Å²) in [5, 5.41) is 21.6. The van der Waals surface area contributed by atoms with Crippen LogP contribution in [0, 0.1) is 11.3 Å². The maximum atomic E-state index is 11.9. The van der Waals surface area contributed by atoms with E-state index in [9.17, 15) is 19.2 Å². The minimum absolute atomic E-state index is 0.0247. The first kappa shape index (κ1) is 21.9. The van der Waals surface area contributed by atoms with Crippen LogP contribution < -0.4 is 10.6 Å². The number of anilines is 2. The van der Waals surface area contributed by atoms with Crippen molar-refractivity contribution in [2.45, 2.75) is 32.6 Å². The third-order valence-electron chi connectivity index (χ3n) is 3.31. The summed E-state index contributed by atoms with van der Waals surface area (Å²) in [6.07, 6.45) is 3.51. The summed E-state index contributed by atoms with van der Waals surface area (Å²) in [7, 11) is 0. The average molecular weight is 396 g/mol. The summed E-state index contributed by atoms with van der Waals surface area (Å²) >= 11 is 6.01. The topological polar surface area (TPSA) is 146 Å². The second-order valence-electron chi connectivity index (χ2n) is 5.41. The maximum Gasteiger partial charge on any atom is 0.397 e. The molecular weight excluding hydrogens is 378 g/mol. The summed E-state index contributed by atoms with van der Waals surface area (Å²) in [4.78, 5) is 45.5. The highest BCUT2D eigenvalue weighted by Gasteiger charge is 2.20. The van der Waals surface area contributed by atoms with Crippen LogP contribution >= 0.6 is 11.6 Å². The van der Waals surface area contributed by atoms with Gasteiger partial charge in [-0.3, -0.25) is 9.59 Å². The second kappa shape index (κ2) is 10.8. The zero-order chi connectivity index (χ0) is 20.4. The number of ether oxygens (including phenoxy) is 1. The number of unbranched alkanes of at least 4 members (excludes halogenated alkanes) is 3. The Bertz CT molecular complexity index is 788. The fourth-order valence-corrected chi connectivity index (χ4v) is 2.18. The molecule has 0 heterocycles. The molecule has 1 rings (SSSR count). The number of carboxylic acid groups (broad SMARTS) is 1. The Morgan fingerprint density at radius 2 is 1.70 bits per heavy atom. The van der Waals surface area contributed by atoms with Crippen LogP contribution in [0.5, 0.6) is 0 Å². The van der Waals surface area contributed by atoms with Crippen molar-refractivity contribution in [1.82, 2.24) is 0 Å². The Kier molecular flexibility index (Phi) is 8.75. The highest BCUT2D eigenvalue weighted by molar-refractivity contribution is 6.42. The normalized spacial score (nSPS) is 9.81. The molecule has 144 valence electrons. The standard InChI is InChI=1S/C17H18ClN3O6/c1-2-3-4-5-6-27-17(26)15(23)21-12-8-10(9-19)7-11(13(12)18)20-14(22)16(24)25/h7-8H,2-6H2,1H3,(H,20,22)(H,21,23)(H,24,25). The number of carboxylic acids is 1. The van der Waals surface area contributed by atoms with E-state index in [0.29, 0.717) is 6.42 Å². The van der Waals surface area contributed by atoms with Gasteiger partial charge in [-0.05, 0) is 18.6 Å². The van der Waals surface area contributed by atoms with Gasteiger partial charge < -0.3 is 20.5 Å². The fourth-order valence-electron chi connectivity index (χ4n) is 1.98. The van der Waals surface area contributed by atoms with Crippen molar-refractivity contribution in [3.63, 3.8) is 0 Å². The van der Waals surface area contributed by atoms with Gasteiger partial charge in [-0.1, -0.05) is 37.8 Å². The molecule has 0 fully saturated rings. The molecule has 0 radical (unpaired) electrons. The molecule has 3 N–H and O–H groups in total. The van der Waals surface area contributed by atoms with E-state index >= 15 is 0 Å². The molecule has 0 bridgehead atoms. The number of amides is 2. The molecule has 0 saturated heterocycles. The van der Waals surface area contributed by atoms with E-state index in [1.807, 2.05) is 12.2 Å². The molecule has 1 aromatic rings. The lowest BCUT2D eigenvalue weighted by Gasteiger charge is -2.12. The molecule has 0 spiro atoms. The number of hydrogen-bond donors (Lipinski definition) is 3. The highest BCUT2D eigenvalue weighted by atomic mass is 35.5. The predicted octanol–water partition coefficient (Wildman–Crippen LogP) is 2.30. The van der Waals surface area contributed by atoms with Gasteiger partial charge in [0, 0.05) is 0 Å². The lowest BCUT2D eigenvalue weighted by molar-refractivity contribution is -0.152. The van der Waals surface area contributed by atoms with Crippen molar-refractivity contribution in [2.75, 3.05) is 17.2 Å². The van der Waals surface area contributed by atoms with Gasteiger partial charge in [0.2, 0.25) is 0 Å². The Morgan fingerprint density at radius 3 is 2.22 bits per heavy atom. The quantitative estimate of drug-likeness (QED) is 0.364. The highest BCUT2D eigenvalue weighted by Crippen LogP contribution is 2.32. The minimum atomic E-state index is -1.76. The number of halogens is 1. The zero-order valence-corrected chi connectivity index (χ0v) is 15.3. The third kappa shape index (κ3) is 6.95. The smallest absolute Gasteiger partial charge is 0.397 e. The van der Waals surface area contributed by atoms with Crippen molar-refractivity contribution >= 4 is 46.7 Å². The number of nitriles is 1. The van der Waals surface area contributed by atoms with Crippen LogP contribution in [0.2, 0.25) is 5.02 Å². The Hall–Kier alpha value is -3.12. The molecule has 0 unspecified atom stereocenters. The summed E-state index contributed by atoms with van der Waals surface area (Å²) in [5.41, 5.74) is -0.376. The van der Waals surface area contributed by atoms with E-state index < -0.39 is 23.8 Å². The van der Waals surface area contributed by atoms with Crippen molar-refractivity contribution in [3.8, 4) is 6.07 Å². The Balaban J connectivity index is 2.85. The van der Waals surface area contributed by atoms with Gasteiger partial charge in [0.25, 0.3) is 0 Å². The van der Waals surface area contributed by atoms with Crippen molar-refractivity contribution < 1.29 is 29.0 Å². The van der Waals surface area contributed by atoms with Crippen LogP contribution in [0.3, 0.4) is 0 Å². The number of carbonyl (C=O) groups is 4.